The highest BCUT2D eigenvalue weighted by Crippen LogP contribution is 2.34. The predicted molar refractivity (Wildman–Crippen MR) is 114 cm³/mol. The predicted octanol–water partition coefficient (Wildman–Crippen LogP) is 4.51. The Morgan fingerprint density at radius 2 is 1.93 bits per heavy atom. The molecule has 1 aliphatic rings. The molecular weight excluding hydrogens is 382 g/mol. The second-order valence-electron chi connectivity index (χ2n) is 7.33. The minimum atomic E-state index is -1.15. The maximum atomic E-state index is 13.1. The van der Waals surface area contributed by atoms with E-state index in [0.29, 0.717) is 15.8 Å². The van der Waals surface area contributed by atoms with Gasteiger partial charge in [0.15, 0.2) is 11.7 Å². The van der Waals surface area contributed by atoms with Gasteiger partial charge in [-0.25, -0.2) is 4.98 Å². The third kappa shape index (κ3) is 2.95. The second kappa shape index (κ2) is 6.94. The number of benzene rings is 2. The standard InChI is InChI=1S/C23H17N3O2S/c24-12-17(20(27)15-10-9-13-5-1-2-6-14(13)11-15)21-25-22(28)19-16-7-3-4-8-18(16)29-23(19)26-21/h1-2,5-6,9-11,17H,3-4,7-8H2,(H,25,26,28). The average molecular weight is 399 g/mol. The summed E-state index contributed by atoms with van der Waals surface area (Å²) in [5.41, 5.74) is 1.27. The van der Waals surface area contributed by atoms with E-state index in [0.717, 1.165) is 42.0 Å². The Balaban J connectivity index is 1.59. The SMILES string of the molecule is N#CC(C(=O)c1ccc2ccccc2c1)c1nc2sc3c(c2c(=O)[nH]1)CCCC3. The highest BCUT2D eigenvalue weighted by atomic mass is 32.1. The molecule has 29 heavy (non-hydrogen) atoms. The number of carbonyl (C=O) groups is 1. The number of nitrogens with one attached hydrogen (secondary N) is 1. The van der Waals surface area contributed by atoms with Gasteiger partial charge in [0.05, 0.1) is 11.5 Å². The van der Waals surface area contributed by atoms with Gasteiger partial charge in [0.2, 0.25) is 0 Å². The molecule has 0 spiro atoms. The lowest BCUT2D eigenvalue weighted by molar-refractivity contribution is 0.0976. The Hall–Kier alpha value is -3.30. The fourth-order valence-corrected chi connectivity index (χ4v) is 5.34. The number of aromatic amines is 1. The summed E-state index contributed by atoms with van der Waals surface area (Å²) in [6.07, 6.45) is 4.03. The van der Waals surface area contributed by atoms with Gasteiger partial charge in [0, 0.05) is 10.4 Å². The quantitative estimate of drug-likeness (QED) is 0.514. The molecule has 2 aromatic carbocycles. The fraction of sp³-hybridized carbons (Fsp3) is 0.217. The molecule has 5 nitrogen and oxygen atoms in total. The van der Waals surface area contributed by atoms with Gasteiger partial charge < -0.3 is 4.98 Å². The number of aromatic nitrogens is 2. The van der Waals surface area contributed by atoms with Crippen LogP contribution in [0, 0.1) is 11.3 Å². The van der Waals surface area contributed by atoms with E-state index in [2.05, 4.69) is 9.97 Å². The number of nitrogens with zero attached hydrogens (tertiary/aromatic N) is 2. The van der Waals surface area contributed by atoms with E-state index in [9.17, 15) is 14.9 Å². The van der Waals surface area contributed by atoms with Gasteiger partial charge >= 0.3 is 0 Å². The Bertz CT molecular complexity index is 1380. The lowest BCUT2D eigenvalue weighted by Crippen LogP contribution is -2.20. The van der Waals surface area contributed by atoms with Crippen LogP contribution in [0.3, 0.4) is 0 Å². The van der Waals surface area contributed by atoms with Crippen LogP contribution in [0.4, 0.5) is 0 Å². The molecule has 0 aliphatic heterocycles. The zero-order valence-electron chi connectivity index (χ0n) is 15.6. The van der Waals surface area contributed by atoms with Crippen molar-refractivity contribution in [2.75, 3.05) is 0 Å². The topological polar surface area (TPSA) is 86.6 Å². The van der Waals surface area contributed by atoms with Crippen molar-refractivity contribution in [2.45, 2.75) is 31.6 Å². The first-order chi connectivity index (χ1) is 14.2. The molecule has 1 unspecified atom stereocenters. The van der Waals surface area contributed by atoms with E-state index in [1.165, 1.54) is 16.2 Å². The van der Waals surface area contributed by atoms with Crippen LogP contribution < -0.4 is 5.56 Å². The number of hydrogen-bond donors (Lipinski definition) is 1. The first kappa shape index (κ1) is 17.8. The summed E-state index contributed by atoms with van der Waals surface area (Å²) in [4.78, 5) is 35.0. The van der Waals surface area contributed by atoms with Crippen molar-refractivity contribution in [1.82, 2.24) is 9.97 Å². The van der Waals surface area contributed by atoms with E-state index in [1.807, 2.05) is 36.4 Å². The molecule has 0 fully saturated rings. The van der Waals surface area contributed by atoms with Crippen LogP contribution in [0.15, 0.2) is 47.3 Å². The Morgan fingerprint density at radius 1 is 1.14 bits per heavy atom. The van der Waals surface area contributed by atoms with E-state index in [1.54, 1.807) is 12.1 Å². The number of thiophene rings is 1. The van der Waals surface area contributed by atoms with E-state index in [4.69, 9.17) is 0 Å². The normalized spacial score (nSPS) is 14.4. The van der Waals surface area contributed by atoms with E-state index >= 15 is 0 Å². The van der Waals surface area contributed by atoms with Crippen molar-refractivity contribution in [3.05, 3.63) is 74.6 Å². The van der Waals surface area contributed by atoms with Crippen LogP contribution in [0.25, 0.3) is 21.0 Å². The molecule has 2 aromatic heterocycles. The first-order valence-corrected chi connectivity index (χ1v) is 10.4. The van der Waals surface area contributed by atoms with Gasteiger partial charge in [-0.05, 0) is 48.1 Å². The zero-order valence-corrected chi connectivity index (χ0v) is 16.4. The summed E-state index contributed by atoms with van der Waals surface area (Å²) in [6, 6.07) is 15.1. The zero-order chi connectivity index (χ0) is 20.0. The highest BCUT2D eigenvalue weighted by molar-refractivity contribution is 7.18. The summed E-state index contributed by atoms with van der Waals surface area (Å²) in [7, 11) is 0. The second-order valence-corrected chi connectivity index (χ2v) is 8.41. The summed E-state index contributed by atoms with van der Waals surface area (Å²) < 4.78 is 0. The molecule has 2 heterocycles. The summed E-state index contributed by atoms with van der Waals surface area (Å²) in [5, 5.41) is 12.3. The van der Waals surface area contributed by atoms with Crippen LogP contribution in [0.2, 0.25) is 0 Å². The van der Waals surface area contributed by atoms with Gasteiger partial charge in [-0.2, -0.15) is 5.26 Å². The van der Waals surface area contributed by atoms with Crippen LogP contribution >= 0.6 is 11.3 Å². The van der Waals surface area contributed by atoms with Crippen LogP contribution in [0.5, 0.6) is 0 Å². The fourth-order valence-electron chi connectivity index (χ4n) is 4.07. The molecule has 1 atom stereocenters. The highest BCUT2D eigenvalue weighted by Gasteiger charge is 2.27. The Kier molecular flexibility index (Phi) is 4.26. The number of carbonyl (C=O) groups excluding carboxylic acids is 1. The molecule has 0 saturated carbocycles. The number of Topliss-reactive ketones (excluding diaryl/α,β-unsaturated/α-hetero) is 1. The largest absolute Gasteiger partial charge is 0.308 e. The maximum Gasteiger partial charge on any atom is 0.259 e. The van der Waals surface area contributed by atoms with Crippen molar-refractivity contribution in [3.8, 4) is 6.07 Å². The van der Waals surface area contributed by atoms with Crippen molar-refractivity contribution in [3.63, 3.8) is 0 Å². The van der Waals surface area contributed by atoms with Crippen LogP contribution in [-0.2, 0) is 12.8 Å². The van der Waals surface area contributed by atoms with Crippen molar-refractivity contribution in [1.29, 1.82) is 5.26 Å². The molecule has 142 valence electrons. The number of aryl methyl sites for hydroxylation is 2. The smallest absolute Gasteiger partial charge is 0.259 e. The third-order valence-electron chi connectivity index (χ3n) is 5.54. The van der Waals surface area contributed by atoms with Gasteiger partial charge in [-0.15, -0.1) is 11.3 Å². The lowest BCUT2D eigenvalue weighted by atomic mass is 9.95. The molecule has 0 saturated heterocycles. The van der Waals surface area contributed by atoms with Gasteiger partial charge in [-0.3, -0.25) is 9.59 Å². The van der Waals surface area contributed by atoms with Crippen molar-refractivity contribution >= 4 is 38.1 Å². The van der Waals surface area contributed by atoms with Crippen molar-refractivity contribution in [2.24, 2.45) is 0 Å². The summed E-state index contributed by atoms with van der Waals surface area (Å²) in [5.74, 6) is -1.38. The number of H-pyrrole nitrogens is 1. The summed E-state index contributed by atoms with van der Waals surface area (Å²) >= 11 is 1.51. The molecule has 1 N–H and O–H groups in total. The minimum absolute atomic E-state index is 0.127. The number of nitriles is 1. The molecule has 0 amide bonds. The van der Waals surface area contributed by atoms with E-state index in [-0.39, 0.29) is 17.2 Å². The summed E-state index contributed by atoms with van der Waals surface area (Å²) in [6.45, 7) is 0. The average Bonchev–Trinajstić information content (AvgIpc) is 3.13. The number of ketones is 1. The number of hydrogen-bond acceptors (Lipinski definition) is 5. The molecule has 4 aromatic rings. The Morgan fingerprint density at radius 3 is 2.76 bits per heavy atom. The maximum absolute atomic E-state index is 13.1. The molecule has 1 aliphatic carbocycles. The van der Waals surface area contributed by atoms with E-state index < -0.39 is 5.92 Å². The molecule has 0 bridgehead atoms. The first-order valence-electron chi connectivity index (χ1n) is 9.63. The Labute approximate surface area is 170 Å². The van der Waals surface area contributed by atoms with Crippen LogP contribution in [-0.4, -0.2) is 15.8 Å². The van der Waals surface area contributed by atoms with Crippen LogP contribution in [0.1, 0.15) is 45.4 Å². The van der Waals surface area contributed by atoms with Crippen molar-refractivity contribution < 1.29 is 4.79 Å². The molecule has 5 rings (SSSR count). The number of rotatable bonds is 3. The van der Waals surface area contributed by atoms with Gasteiger partial charge in [-0.1, -0.05) is 36.4 Å². The van der Waals surface area contributed by atoms with Gasteiger partial charge in [0.1, 0.15) is 10.7 Å². The third-order valence-corrected chi connectivity index (χ3v) is 6.73. The lowest BCUT2D eigenvalue weighted by Gasteiger charge is -2.10. The van der Waals surface area contributed by atoms with Gasteiger partial charge in [0.25, 0.3) is 5.56 Å². The molecule has 0 radical (unpaired) electrons. The molecule has 6 heteroatoms. The molecular formula is C23H17N3O2S. The monoisotopic (exact) mass is 399 g/mol. The minimum Gasteiger partial charge on any atom is -0.308 e. The number of fused-ring (bicyclic) bond motifs is 4.